The van der Waals surface area contributed by atoms with Crippen LogP contribution in [-0.4, -0.2) is 50.4 Å². The number of rotatable bonds is 10. The Morgan fingerprint density at radius 2 is 1.79 bits per heavy atom. The number of fused-ring (bicyclic) bond motifs is 1. The van der Waals surface area contributed by atoms with Gasteiger partial charge < -0.3 is 24.3 Å². The summed E-state index contributed by atoms with van der Waals surface area (Å²) in [5.74, 6) is -0.941. The van der Waals surface area contributed by atoms with Crippen molar-refractivity contribution in [3.63, 3.8) is 0 Å². The van der Waals surface area contributed by atoms with Crippen molar-refractivity contribution < 1.29 is 37.0 Å². The number of hydrogen-bond donors (Lipinski definition) is 1. The second kappa shape index (κ2) is 10.3. The zero-order chi connectivity index (χ0) is 29.2. The van der Waals surface area contributed by atoms with E-state index in [1.807, 2.05) is 0 Å². The number of nitrogens with zero attached hydrogens (tertiary/aromatic N) is 2. The van der Waals surface area contributed by atoms with Gasteiger partial charge in [-0.25, -0.2) is 14.4 Å². The van der Waals surface area contributed by atoms with Crippen molar-refractivity contribution >= 4 is 38.3 Å². The van der Waals surface area contributed by atoms with Crippen LogP contribution in [0.4, 0.5) is 15.9 Å². The molecule has 3 rings (SSSR count). The Morgan fingerprint density at radius 1 is 1.07 bits per heavy atom. The monoisotopic (exact) mass is 475 g/mol. The van der Waals surface area contributed by atoms with Gasteiger partial charge in [-0.1, -0.05) is 15.9 Å². The highest BCUT2D eigenvalue weighted by Crippen LogP contribution is 2.35. The van der Waals surface area contributed by atoms with Crippen LogP contribution in [0.5, 0.6) is 11.5 Å². The Kier molecular flexibility index (Phi) is 4.15. The standard InChI is InChI=1S/C20H21BrFN3O4/c1-26-5-7-28-18-10-14-17(11-19(18)29-8-6-27-2)23-12-24-20(14)25-16-4-3-13(21)9-15(16)22/h3-4,9-12H,5-8H2,1-2H3,(H,23,24,25)/i1D3,2D3,5D2,6D2. The summed E-state index contributed by atoms with van der Waals surface area (Å²) in [6, 6.07) is 6.82. The quantitative estimate of drug-likeness (QED) is 0.467. The number of hydrogen-bond acceptors (Lipinski definition) is 7. The first-order chi connectivity index (χ1) is 17.8. The van der Waals surface area contributed by atoms with Crippen LogP contribution in [0.2, 0.25) is 0 Å². The molecule has 0 spiro atoms. The molecule has 0 aliphatic heterocycles. The number of benzene rings is 2. The van der Waals surface area contributed by atoms with Gasteiger partial charge >= 0.3 is 0 Å². The first kappa shape index (κ1) is 11.6. The molecule has 0 aliphatic rings. The molecule has 2 aromatic carbocycles. The summed E-state index contributed by atoms with van der Waals surface area (Å²) in [6.45, 7) is -7.42. The summed E-state index contributed by atoms with van der Waals surface area (Å²) < 4.78 is 108. The van der Waals surface area contributed by atoms with Crippen LogP contribution in [0.3, 0.4) is 0 Å². The zero-order valence-electron chi connectivity index (χ0n) is 24.7. The highest BCUT2D eigenvalue weighted by Gasteiger charge is 2.14. The fourth-order valence-electron chi connectivity index (χ4n) is 2.38. The van der Waals surface area contributed by atoms with Crippen molar-refractivity contribution in [2.45, 2.75) is 0 Å². The SMILES string of the molecule is [2H]C([2H])([2H])OC([2H])([2H])COc1cc2ncnc(Nc3ccc(Br)cc3F)c2cc1OCC([2H])([2H])OC([2H])([2H])[2H]. The number of anilines is 2. The molecule has 1 N–H and O–H groups in total. The van der Waals surface area contributed by atoms with E-state index in [1.54, 1.807) is 6.07 Å². The maximum absolute atomic E-state index is 14.4. The molecule has 29 heavy (non-hydrogen) atoms. The van der Waals surface area contributed by atoms with E-state index < -0.39 is 46.2 Å². The molecule has 0 fully saturated rings. The molecular formula is C20H21BrFN3O4. The molecule has 0 saturated heterocycles. The first-order valence-electron chi connectivity index (χ1n) is 13.0. The molecule has 3 aromatic rings. The summed E-state index contributed by atoms with van der Waals surface area (Å²) in [7, 11) is -6.13. The summed E-state index contributed by atoms with van der Waals surface area (Å²) in [5, 5.41) is 3.05. The van der Waals surface area contributed by atoms with Crippen LogP contribution in [0.1, 0.15) is 13.7 Å². The van der Waals surface area contributed by atoms with Crippen molar-refractivity contribution in [3.8, 4) is 11.5 Å². The van der Waals surface area contributed by atoms with Gasteiger partial charge in [-0.2, -0.15) is 0 Å². The average molecular weight is 476 g/mol. The molecule has 0 unspecified atom stereocenters. The molecule has 9 heteroatoms. The fourth-order valence-corrected chi connectivity index (χ4v) is 2.71. The number of ether oxygens (including phenoxy) is 4. The third-order valence-corrected chi connectivity index (χ3v) is 4.10. The molecule has 0 aliphatic carbocycles. The van der Waals surface area contributed by atoms with E-state index in [1.165, 1.54) is 24.3 Å². The molecule has 1 aromatic heterocycles. The summed E-state index contributed by atoms with van der Waals surface area (Å²) in [4.78, 5) is 8.21. The smallest absolute Gasteiger partial charge is 0.163 e. The van der Waals surface area contributed by atoms with E-state index in [0.29, 0.717) is 4.47 Å². The zero-order valence-corrected chi connectivity index (χ0v) is 16.2. The molecule has 0 radical (unpaired) electrons. The van der Waals surface area contributed by atoms with Crippen LogP contribution >= 0.6 is 15.9 Å². The molecule has 1 heterocycles. The second-order valence-electron chi connectivity index (χ2n) is 5.36. The first-order valence-corrected chi connectivity index (χ1v) is 8.79. The maximum atomic E-state index is 14.4. The largest absolute Gasteiger partial charge is 0.487 e. The van der Waals surface area contributed by atoms with Crippen LogP contribution in [0.15, 0.2) is 41.1 Å². The van der Waals surface area contributed by atoms with Gasteiger partial charge in [0.15, 0.2) is 11.5 Å². The van der Waals surface area contributed by atoms with Crippen molar-refractivity contribution in [1.82, 2.24) is 9.97 Å². The molecule has 0 saturated carbocycles. The Labute approximate surface area is 190 Å². The van der Waals surface area contributed by atoms with E-state index in [-0.39, 0.29) is 33.9 Å². The van der Waals surface area contributed by atoms with Crippen molar-refractivity contribution in [2.75, 3.05) is 45.7 Å². The highest BCUT2D eigenvalue weighted by molar-refractivity contribution is 9.10. The van der Waals surface area contributed by atoms with E-state index in [2.05, 4.69) is 40.7 Å². The lowest BCUT2D eigenvalue weighted by atomic mass is 10.2. The Balaban J connectivity index is 1.99. The molecule has 154 valence electrons. The minimum absolute atomic E-state index is 0.0680. The van der Waals surface area contributed by atoms with E-state index in [4.69, 9.17) is 23.2 Å². The molecular weight excluding hydrogens is 445 g/mol. The van der Waals surface area contributed by atoms with Gasteiger partial charge in [0.25, 0.3) is 0 Å². The number of methoxy groups -OCH3 is 2. The Hall–Kier alpha value is -2.49. The number of nitrogens with one attached hydrogen (secondary N) is 1. The van der Waals surface area contributed by atoms with Crippen molar-refractivity contribution in [3.05, 3.63) is 46.9 Å². The number of halogens is 2. The third kappa shape index (κ3) is 5.53. The Bertz CT molecular complexity index is 1330. The van der Waals surface area contributed by atoms with Crippen LogP contribution in [0, 0.1) is 5.82 Å². The molecule has 7 nitrogen and oxygen atoms in total. The van der Waals surface area contributed by atoms with Gasteiger partial charge in [-0.05, 0) is 24.3 Å². The van der Waals surface area contributed by atoms with Crippen molar-refractivity contribution in [1.29, 1.82) is 0 Å². The van der Waals surface area contributed by atoms with Crippen LogP contribution in [-0.2, 0) is 9.47 Å². The van der Waals surface area contributed by atoms with Gasteiger partial charge in [0.2, 0.25) is 0 Å². The highest BCUT2D eigenvalue weighted by atomic mass is 79.9. The van der Waals surface area contributed by atoms with Gasteiger partial charge in [0.05, 0.1) is 38.0 Å². The van der Waals surface area contributed by atoms with Gasteiger partial charge in [0.1, 0.15) is 31.2 Å². The lowest BCUT2D eigenvalue weighted by Gasteiger charge is -2.15. The van der Waals surface area contributed by atoms with E-state index in [0.717, 1.165) is 6.33 Å². The van der Waals surface area contributed by atoms with Crippen LogP contribution in [0.25, 0.3) is 10.9 Å². The fraction of sp³-hybridized carbons (Fsp3) is 0.300. The number of aromatic nitrogens is 2. The van der Waals surface area contributed by atoms with E-state index in [9.17, 15) is 4.39 Å². The summed E-state index contributed by atoms with van der Waals surface area (Å²) in [6.07, 6.45) is 1.16. The normalized spacial score (nSPS) is 17.9. The predicted octanol–water partition coefficient (Wildman–Crippen LogP) is 4.33. The summed E-state index contributed by atoms with van der Waals surface area (Å²) >= 11 is 3.17. The molecule has 0 atom stereocenters. The summed E-state index contributed by atoms with van der Waals surface area (Å²) in [5.41, 5.74) is 0.268. The molecule has 0 bridgehead atoms. The topological polar surface area (TPSA) is 74.7 Å². The third-order valence-electron chi connectivity index (χ3n) is 3.60. The minimum Gasteiger partial charge on any atom is -0.487 e. The van der Waals surface area contributed by atoms with Crippen LogP contribution < -0.4 is 14.8 Å². The second-order valence-corrected chi connectivity index (χ2v) is 6.27. The lowest BCUT2D eigenvalue weighted by Crippen LogP contribution is -2.09. The van der Waals surface area contributed by atoms with Gasteiger partial charge in [-0.15, -0.1) is 0 Å². The van der Waals surface area contributed by atoms with E-state index >= 15 is 0 Å². The van der Waals surface area contributed by atoms with Gasteiger partial charge in [-0.3, -0.25) is 0 Å². The molecule has 0 amide bonds. The average Bonchev–Trinajstić information content (AvgIpc) is 2.75. The lowest BCUT2D eigenvalue weighted by molar-refractivity contribution is 0.132. The van der Waals surface area contributed by atoms with Gasteiger partial charge in [0, 0.05) is 30.0 Å². The maximum Gasteiger partial charge on any atom is 0.163 e. The predicted molar refractivity (Wildman–Crippen MR) is 112 cm³/mol. The Morgan fingerprint density at radius 3 is 2.48 bits per heavy atom. The minimum atomic E-state index is -3.07. The van der Waals surface area contributed by atoms with Crippen molar-refractivity contribution in [2.24, 2.45) is 0 Å².